The van der Waals surface area contributed by atoms with Crippen molar-refractivity contribution >= 4 is 11.8 Å². The number of nitrogens with zero attached hydrogens (tertiary/aromatic N) is 3. The van der Waals surface area contributed by atoms with E-state index >= 15 is 0 Å². The highest BCUT2D eigenvalue weighted by molar-refractivity contribution is 5.50. The van der Waals surface area contributed by atoms with Gasteiger partial charge in [0, 0.05) is 30.9 Å². The lowest BCUT2D eigenvalue weighted by Crippen LogP contribution is -2.19. The van der Waals surface area contributed by atoms with Crippen LogP contribution in [-0.4, -0.2) is 31.2 Å². The highest BCUT2D eigenvalue weighted by atomic mass is 16.5. The first-order chi connectivity index (χ1) is 10.0. The number of hydrogen-bond acceptors (Lipinski definition) is 6. The van der Waals surface area contributed by atoms with Gasteiger partial charge in [0.15, 0.2) is 11.5 Å². The Labute approximate surface area is 124 Å². The van der Waals surface area contributed by atoms with Crippen molar-refractivity contribution in [3.8, 4) is 11.5 Å². The van der Waals surface area contributed by atoms with Crippen molar-refractivity contribution in [2.75, 3.05) is 31.9 Å². The zero-order valence-electron chi connectivity index (χ0n) is 12.8. The van der Waals surface area contributed by atoms with Crippen LogP contribution in [-0.2, 0) is 6.54 Å². The predicted octanol–water partition coefficient (Wildman–Crippen LogP) is 2.02. The maximum Gasteiger partial charge on any atom is 0.222 e. The predicted molar refractivity (Wildman–Crippen MR) is 82.8 cm³/mol. The molecule has 6 heteroatoms. The first kappa shape index (κ1) is 14.9. The summed E-state index contributed by atoms with van der Waals surface area (Å²) in [5.41, 5.74) is 7.54. The first-order valence-corrected chi connectivity index (χ1v) is 6.57. The summed E-state index contributed by atoms with van der Waals surface area (Å²) in [5, 5.41) is 0. The van der Waals surface area contributed by atoms with E-state index in [9.17, 15) is 0 Å². The van der Waals surface area contributed by atoms with E-state index < -0.39 is 0 Å². The minimum Gasteiger partial charge on any atom is -0.493 e. The lowest BCUT2D eigenvalue weighted by atomic mass is 10.1. The molecule has 0 atom stereocenters. The molecule has 2 rings (SSSR count). The average molecular weight is 288 g/mol. The number of aryl methyl sites for hydroxylation is 1. The second kappa shape index (κ2) is 6.30. The highest BCUT2D eigenvalue weighted by Gasteiger charge is 2.13. The Morgan fingerprint density at radius 1 is 1.19 bits per heavy atom. The van der Waals surface area contributed by atoms with Gasteiger partial charge in [-0.2, -0.15) is 4.98 Å². The Morgan fingerprint density at radius 2 is 1.95 bits per heavy atom. The van der Waals surface area contributed by atoms with Crippen LogP contribution in [0.1, 0.15) is 11.3 Å². The molecule has 1 aromatic heterocycles. The number of benzene rings is 1. The zero-order chi connectivity index (χ0) is 15.4. The van der Waals surface area contributed by atoms with Gasteiger partial charge in [-0.15, -0.1) is 0 Å². The van der Waals surface area contributed by atoms with Crippen LogP contribution >= 0.6 is 0 Å². The summed E-state index contributed by atoms with van der Waals surface area (Å²) in [7, 11) is 5.20. The van der Waals surface area contributed by atoms with E-state index in [4.69, 9.17) is 15.2 Å². The largest absolute Gasteiger partial charge is 0.493 e. The summed E-state index contributed by atoms with van der Waals surface area (Å²) in [5.74, 6) is 2.48. The molecule has 21 heavy (non-hydrogen) atoms. The van der Waals surface area contributed by atoms with Crippen molar-refractivity contribution in [1.29, 1.82) is 0 Å². The van der Waals surface area contributed by atoms with Crippen molar-refractivity contribution in [3.63, 3.8) is 0 Å². The monoisotopic (exact) mass is 288 g/mol. The second-order valence-electron chi connectivity index (χ2n) is 4.73. The van der Waals surface area contributed by atoms with Gasteiger partial charge in [-0.3, -0.25) is 0 Å². The van der Waals surface area contributed by atoms with Gasteiger partial charge >= 0.3 is 0 Å². The van der Waals surface area contributed by atoms with E-state index in [1.54, 1.807) is 14.2 Å². The molecule has 2 N–H and O–H groups in total. The van der Waals surface area contributed by atoms with Crippen LogP contribution in [0.15, 0.2) is 24.3 Å². The molecule has 6 nitrogen and oxygen atoms in total. The molecular weight excluding hydrogens is 268 g/mol. The van der Waals surface area contributed by atoms with E-state index in [2.05, 4.69) is 9.97 Å². The maximum absolute atomic E-state index is 5.70. The van der Waals surface area contributed by atoms with E-state index in [-0.39, 0.29) is 5.95 Å². The van der Waals surface area contributed by atoms with Gasteiger partial charge < -0.3 is 20.1 Å². The maximum atomic E-state index is 5.70. The first-order valence-electron chi connectivity index (χ1n) is 6.57. The van der Waals surface area contributed by atoms with E-state index in [0.717, 1.165) is 22.8 Å². The minimum atomic E-state index is 0.273. The van der Waals surface area contributed by atoms with Crippen LogP contribution in [0.25, 0.3) is 0 Å². The smallest absolute Gasteiger partial charge is 0.222 e. The number of nitrogen functional groups attached to an aromatic ring is 1. The number of rotatable bonds is 5. The van der Waals surface area contributed by atoms with Crippen LogP contribution in [0.5, 0.6) is 11.5 Å². The Bertz CT molecular complexity index is 611. The van der Waals surface area contributed by atoms with Crippen LogP contribution in [0.2, 0.25) is 0 Å². The van der Waals surface area contributed by atoms with Crippen molar-refractivity contribution in [3.05, 3.63) is 35.5 Å². The normalized spacial score (nSPS) is 10.3. The molecule has 1 heterocycles. The molecular formula is C15H20N4O2. The van der Waals surface area contributed by atoms with Crippen LogP contribution < -0.4 is 20.1 Å². The minimum absolute atomic E-state index is 0.273. The number of methoxy groups -OCH3 is 2. The molecule has 0 spiro atoms. The molecule has 0 bridgehead atoms. The van der Waals surface area contributed by atoms with E-state index in [1.807, 2.05) is 43.1 Å². The van der Waals surface area contributed by atoms with Crippen molar-refractivity contribution in [2.24, 2.45) is 0 Å². The molecule has 112 valence electrons. The van der Waals surface area contributed by atoms with E-state index in [0.29, 0.717) is 12.3 Å². The topological polar surface area (TPSA) is 73.5 Å². The Balaban J connectivity index is 2.29. The van der Waals surface area contributed by atoms with Gasteiger partial charge in [0.25, 0.3) is 0 Å². The standard InChI is InChI=1S/C15H20N4O2/c1-10-8-13(18-15(16)17-10)19(2)9-11-6-5-7-12(20-3)14(11)21-4/h5-8H,9H2,1-4H3,(H2,16,17,18). The molecule has 2 aromatic rings. The van der Waals surface area contributed by atoms with Crippen molar-refractivity contribution in [2.45, 2.75) is 13.5 Å². The van der Waals surface area contributed by atoms with Gasteiger partial charge in [-0.05, 0) is 13.0 Å². The van der Waals surface area contributed by atoms with Gasteiger partial charge in [0.2, 0.25) is 5.95 Å². The molecule has 0 saturated heterocycles. The number of para-hydroxylation sites is 1. The number of ether oxygens (including phenoxy) is 2. The lowest BCUT2D eigenvalue weighted by molar-refractivity contribution is 0.351. The van der Waals surface area contributed by atoms with Crippen LogP contribution in [0, 0.1) is 6.92 Å². The fraction of sp³-hybridized carbons (Fsp3) is 0.333. The number of hydrogen-bond donors (Lipinski definition) is 1. The molecule has 0 saturated carbocycles. The lowest BCUT2D eigenvalue weighted by Gasteiger charge is -2.21. The Kier molecular flexibility index (Phi) is 4.47. The average Bonchev–Trinajstić information content (AvgIpc) is 2.45. The second-order valence-corrected chi connectivity index (χ2v) is 4.73. The van der Waals surface area contributed by atoms with Gasteiger partial charge in [-0.25, -0.2) is 4.98 Å². The quantitative estimate of drug-likeness (QED) is 0.907. The molecule has 0 aliphatic heterocycles. The van der Waals surface area contributed by atoms with Crippen molar-refractivity contribution < 1.29 is 9.47 Å². The summed E-state index contributed by atoms with van der Waals surface area (Å²) >= 11 is 0. The summed E-state index contributed by atoms with van der Waals surface area (Å²) < 4.78 is 10.8. The molecule has 0 unspecified atom stereocenters. The zero-order valence-corrected chi connectivity index (χ0v) is 12.8. The van der Waals surface area contributed by atoms with Gasteiger partial charge in [-0.1, -0.05) is 12.1 Å². The highest BCUT2D eigenvalue weighted by Crippen LogP contribution is 2.31. The number of nitrogens with two attached hydrogens (primary N) is 1. The molecule has 0 aliphatic carbocycles. The molecule has 0 aliphatic rings. The Morgan fingerprint density at radius 3 is 2.57 bits per heavy atom. The molecule has 0 radical (unpaired) electrons. The fourth-order valence-electron chi connectivity index (χ4n) is 2.18. The SMILES string of the molecule is COc1cccc(CN(C)c2cc(C)nc(N)n2)c1OC. The summed E-state index contributed by atoms with van der Waals surface area (Å²) in [6.45, 7) is 2.51. The van der Waals surface area contributed by atoms with Gasteiger partial charge in [0.05, 0.1) is 14.2 Å². The Hall–Kier alpha value is -2.50. The molecule has 0 amide bonds. The van der Waals surface area contributed by atoms with E-state index in [1.165, 1.54) is 0 Å². The third kappa shape index (κ3) is 3.34. The van der Waals surface area contributed by atoms with Crippen molar-refractivity contribution in [1.82, 2.24) is 9.97 Å². The van der Waals surface area contributed by atoms with Crippen LogP contribution in [0.3, 0.4) is 0 Å². The fourth-order valence-corrected chi connectivity index (χ4v) is 2.18. The molecule has 0 fully saturated rings. The third-order valence-electron chi connectivity index (χ3n) is 3.14. The summed E-state index contributed by atoms with van der Waals surface area (Å²) in [4.78, 5) is 10.3. The number of anilines is 2. The van der Waals surface area contributed by atoms with Crippen LogP contribution in [0.4, 0.5) is 11.8 Å². The summed E-state index contributed by atoms with van der Waals surface area (Å²) in [6, 6.07) is 7.69. The third-order valence-corrected chi connectivity index (χ3v) is 3.14. The van der Waals surface area contributed by atoms with Gasteiger partial charge in [0.1, 0.15) is 5.82 Å². The number of aromatic nitrogens is 2. The molecule has 1 aromatic carbocycles. The summed E-state index contributed by atoms with van der Waals surface area (Å²) in [6.07, 6.45) is 0.